The molecule has 2 aromatic carbocycles. The molecule has 45 heavy (non-hydrogen) atoms. The van der Waals surface area contributed by atoms with E-state index in [0.29, 0.717) is 0 Å². The van der Waals surface area contributed by atoms with E-state index in [-0.39, 0.29) is 0 Å². The van der Waals surface area contributed by atoms with Crippen LogP contribution in [-0.4, -0.2) is 4.70 Å². The monoisotopic (exact) mass is 656 g/mol. The predicted molar refractivity (Wildman–Crippen MR) is 195 cm³/mol. The van der Waals surface area contributed by atoms with E-state index in [2.05, 4.69) is 90.1 Å². The Morgan fingerprint density at radius 1 is 0.489 bits per heavy atom. The van der Waals surface area contributed by atoms with Gasteiger partial charge in [0.1, 0.15) is 0 Å². The Morgan fingerprint density at radius 2 is 1.00 bits per heavy atom. The topological polar surface area (TPSA) is 25.3 Å². The molecule has 254 valence electrons. The molecule has 1 aliphatic heterocycles. The molecule has 3 heteroatoms. The zero-order valence-electron chi connectivity index (χ0n) is 30.0. The van der Waals surface area contributed by atoms with Crippen LogP contribution in [0.4, 0.5) is 0 Å². The molecular weight excluding hydrogens is 591 g/mol. The molecule has 0 amide bonds. The molecule has 2 aromatic rings. The second-order valence-electron chi connectivity index (χ2n) is 12.7. The minimum atomic E-state index is 1.00. The third kappa shape index (κ3) is 13.7. The van der Waals surface area contributed by atoms with Crippen LogP contribution in [0, 0.1) is 0 Å². The summed E-state index contributed by atoms with van der Waals surface area (Å²) >= 11 is 1.90. The molecule has 1 aliphatic rings. The molecule has 0 unspecified atom stereocenters. The summed E-state index contributed by atoms with van der Waals surface area (Å²) in [6.45, 7) is 13.5. The van der Waals surface area contributed by atoms with Gasteiger partial charge in [-0.05, 0) is 86.8 Å². The molecule has 1 heterocycles. The van der Waals surface area contributed by atoms with Crippen molar-refractivity contribution in [2.24, 2.45) is 0 Å². The van der Waals surface area contributed by atoms with Gasteiger partial charge < -0.3 is 5.53 Å². The Bertz CT molecular complexity index is 1150. The van der Waals surface area contributed by atoms with Gasteiger partial charge in [-0.1, -0.05) is 103 Å². The molecule has 0 atom stereocenters. The fourth-order valence-corrected chi connectivity index (χ4v) is 6.93. The number of allylic oxidation sites excluding steroid dienone is 2. The van der Waals surface area contributed by atoms with Crippen LogP contribution in [0.2, 0.25) is 10.8 Å². The van der Waals surface area contributed by atoms with Crippen LogP contribution in [0.3, 0.4) is 0 Å². The molecule has 2 nitrogen and oxygen atoms in total. The Kier molecular flexibility index (Phi) is 21.1. The summed E-state index contributed by atoms with van der Waals surface area (Å²) in [5, 5.41) is 2.72. The van der Waals surface area contributed by atoms with Crippen LogP contribution in [0.5, 0.6) is 0 Å². The van der Waals surface area contributed by atoms with Crippen LogP contribution < -0.4 is 0 Å². The fourth-order valence-electron chi connectivity index (χ4n) is 5.99. The van der Waals surface area contributed by atoms with Gasteiger partial charge in [-0.2, -0.15) is 0 Å². The first-order valence-electron chi connectivity index (χ1n) is 18.6. The summed E-state index contributed by atoms with van der Waals surface area (Å²) < 4.78 is 1.54. The normalized spacial score (nSPS) is 13.2. The van der Waals surface area contributed by atoms with Gasteiger partial charge in [0, 0.05) is 22.3 Å². The number of aryl methyl sites for hydroxylation is 2. The Hall–Kier alpha value is -1.99. The number of nitrogens with zero attached hydrogens (tertiary/aromatic N) is 2. The summed E-state index contributed by atoms with van der Waals surface area (Å²) in [5.74, 6) is 0. The predicted octanol–water partition coefficient (Wildman–Crippen LogP) is 14.2. The van der Waals surface area contributed by atoms with Gasteiger partial charge in [-0.25, -0.2) is 4.70 Å². The molecule has 0 saturated heterocycles. The first kappa shape index (κ1) is 39.2. The molecule has 0 bridgehead atoms. The Labute approximate surface area is 284 Å². The third-order valence-corrected chi connectivity index (χ3v) is 10.2. The fraction of sp³-hybridized carbons (Fsp3) is 0.619. The van der Waals surface area contributed by atoms with E-state index in [1.165, 1.54) is 97.3 Å². The van der Waals surface area contributed by atoms with E-state index < -0.39 is 0 Å². The molecule has 0 saturated carbocycles. The van der Waals surface area contributed by atoms with Gasteiger partial charge >= 0.3 is 51.9 Å². The van der Waals surface area contributed by atoms with E-state index >= 15 is 0 Å². The Morgan fingerprint density at radius 3 is 1.58 bits per heavy atom. The van der Waals surface area contributed by atoms with Crippen molar-refractivity contribution < 1.29 is 19.1 Å². The molecule has 0 radical (unpaired) electrons. The van der Waals surface area contributed by atoms with E-state index in [1.807, 2.05) is 14.4 Å². The van der Waals surface area contributed by atoms with E-state index in [4.69, 9.17) is 0 Å². The van der Waals surface area contributed by atoms with Crippen molar-refractivity contribution in [3.8, 4) is 0 Å². The van der Waals surface area contributed by atoms with Crippen LogP contribution in [0.15, 0.2) is 59.7 Å². The van der Waals surface area contributed by atoms with Crippen molar-refractivity contribution in [2.45, 2.75) is 168 Å². The van der Waals surface area contributed by atoms with Crippen LogP contribution in [-0.2, 0) is 27.3 Å². The summed E-state index contributed by atoms with van der Waals surface area (Å²) in [7, 11) is 0. The number of rotatable bonds is 22. The second-order valence-corrected chi connectivity index (χ2v) is 14.1. The van der Waals surface area contributed by atoms with Crippen molar-refractivity contribution in [3.05, 3.63) is 87.5 Å². The second kappa shape index (κ2) is 24.2. The Balaban J connectivity index is 0.000000900. The van der Waals surface area contributed by atoms with Gasteiger partial charge in [0.25, 0.3) is 0 Å². The maximum absolute atomic E-state index is 11.8. The minimum absolute atomic E-state index is 1.00. The van der Waals surface area contributed by atoms with Crippen molar-refractivity contribution in [1.82, 2.24) is 0 Å². The standard InChI is InChI=1S/C36H52N2.2C3H7.Ni/c1-5-9-13-14-15-16-19-30-20-17-21-32(28-30)36-34(23-12-8-4)33(22-11-7-3)35(38(36)37)31-26-24-29(25-27-31)18-10-6-2;2*1-3-2;/h17,20-21,24-28H,5-16,18-19,22-23H2,1-4H3;2*1,3H2,2H3;. The SMILES string of the molecule is CCCCCCCCc1cccc(C2=C(CCCC)C(CCCC)=C(c3ccc(CCCC)cc3)[N+]2=[N-])c1.CC[CH2][Ni][CH2]CC. The van der Waals surface area contributed by atoms with E-state index in [0.717, 1.165) is 73.9 Å². The summed E-state index contributed by atoms with van der Waals surface area (Å²) in [5.41, 5.74) is 21.6. The first-order valence-corrected chi connectivity index (χ1v) is 20.0. The van der Waals surface area contributed by atoms with Crippen molar-refractivity contribution in [3.63, 3.8) is 0 Å². The quantitative estimate of drug-likeness (QED) is 0.0684. The van der Waals surface area contributed by atoms with E-state index in [9.17, 15) is 5.53 Å². The first-order chi connectivity index (χ1) is 22.1. The molecular formula is C42H66N2Ni. The van der Waals surface area contributed by atoms with Crippen LogP contribution in [0.25, 0.3) is 16.9 Å². The molecule has 0 N–H and O–H groups in total. The maximum atomic E-state index is 11.8. The van der Waals surface area contributed by atoms with Crippen LogP contribution in [0.1, 0.15) is 167 Å². The average Bonchev–Trinajstić information content (AvgIpc) is 3.34. The van der Waals surface area contributed by atoms with Crippen LogP contribution >= 0.6 is 0 Å². The van der Waals surface area contributed by atoms with Crippen molar-refractivity contribution in [2.75, 3.05) is 0 Å². The number of hydrogen-bond donors (Lipinski definition) is 0. The summed E-state index contributed by atoms with van der Waals surface area (Å²) in [6.07, 6.45) is 21.9. The molecule has 0 aliphatic carbocycles. The summed E-state index contributed by atoms with van der Waals surface area (Å²) in [6, 6.07) is 18.0. The average molecular weight is 658 g/mol. The molecule has 0 spiro atoms. The molecule has 0 aromatic heterocycles. The van der Waals surface area contributed by atoms with Gasteiger partial charge in [-0.3, -0.25) is 0 Å². The van der Waals surface area contributed by atoms with Gasteiger partial charge in [0.2, 0.25) is 11.4 Å². The summed E-state index contributed by atoms with van der Waals surface area (Å²) in [4.78, 5) is 0. The molecule has 3 rings (SSSR count). The van der Waals surface area contributed by atoms with E-state index in [1.54, 1.807) is 4.70 Å². The van der Waals surface area contributed by atoms with Gasteiger partial charge in [-0.15, -0.1) is 0 Å². The zero-order chi connectivity index (χ0) is 32.7. The van der Waals surface area contributed by atoms with Crippen molar-refractivity contribution in [1.29, 1.82) is 0 Å². The zero-order valence-corrected chi connectivity index (χ0v) is 31.0. The number of benzene rings is 2. The van der Waals surface area contributed by atoms with Gasteiger partial charge in [0.15, 0.2) is 0 Å². The number of hydrogen-bond acceptors (Lipinski definition) is 0. The van der Waals surface area contributed by atoms with Gasteiger partial charge in [0.05, 0.1) is 0 Å². The molecule has 0 fully saturated rings. The number of unbranched alkanes of at least 4 members (excludes halogenated alkanes) is 8. The van der Waals surface area contributed by atoms with Crippen molar-refractivity contribution >= 4 is 11.4 Å². The third-order valence-electron chi connectivity index (χ3n) is 8.53.